The number of amides is 1. The quantitative estimate of drug-likeness (QED) is 0.392. The van der Waals surface area contributed by atoms with E-state index in [0.29, 0.717) is 40.7 Å². The molecule has 170 valence electrons. The highest BCUT2D eigenvalue weighted by Crippen LogP contribution is 2.30. The first-order chi connectivity index (χ1) is 17.2. The molecule has 0 saturated carbocycles. The first-order valence-corrected chi connectivity index (χ1v) is 11.7. The number of imidazole rings is 1. The van der Waals surface area contributed by atoms with E-state index in [1.165, 1.54) is 0 Å². The number of piperazine rings is 1. The van der Waals surface area contributed by atoms with E-state index in [1.807, 2.05) is 71.6 Å². The minimum Gasteiger partial charge on any atom is -0.368 e. The molecule has 1 amide bonds. The Morgan fingerprint density at radius 2 is 1.51 bits per heavy atom. The van der Waals surface area contributed by atoms with Gasteiger partial charge in [0.2, 0.25) is 0 Å². The highest BCUT2D eigenvalue weighted by molar-refractivity contribution is 6.16. The zero-order valence-electron chi connectivity index (χ0n) is 18.9. The van der Waals surface area contributed by atoms with Gasteiger partial charge in [0, 0.05) is 60.4 Å². The molecule has 3 aromatic heterocycles. The fourth-order valence-corrected chi connectivity index (χ4v) is 5.38. The van der Waals surface area contributed by atoms with Crippen molar-refractivity contribution in [3.63, 3.8) is 0 Å². The van der Waals surface area contributed by atoms with E-state index in [2.05, 4.69) is 9.88 Å². The summed E-state index contributed by atoms with van der Waals surface area (Å²) in [7, 11) is 0. The van der Waals surface area contributed by atoms with Crippen molar-refractivity contribution in [2.75, 3.05) is 31.1 Å². The van der Waals surface area contributed by atoms with E-state index in [-0.39, 0.29) is 11.5 Å². The second-order valence-corrected chi connectivity index (χ2v) is 8.94. The van der Waals surface area contributed by atoms with Gasteiger partial charge in [0.1, 0.15) is 11.2 Å². The SMILES string of the molecule is O=C(c1cccc2c1nc1c3cccc4cccc(c(=O)n21)c43)N1CCN(c2ccncc2)CC1. The Balaban J connectivity index is 1.33. The van der Waals surface area contributed by atoms with E-state index in [4.69, 9.17) is 4.98 Å². The third-order valence-electron chi connectivity index (χ3n) is 7.09. The van der Waals surface area contributed by atoms with Gasteiger partial charge >= 0.3 is 0 Å². The molecule has 7 heteroatoms. The normalized spacial score (nSPS) is 14.5. The second-order valence-electron chi connectivity index (χ2n) is 8.94. The third-order valence-corrected chi connectivity index (χ3v) is 7.09. The number of aromatic nitrogens is 3. The summed E-state index contributed by atoms with van der Waals surface area (Å²) in [6.45, 7) is 2.74. The highest BCUT2D eigenvalue weighted by atomic mass is 16.2. The van der Waals surface area contributed by atoms with Crippen LogP contribution in [0.2, 0.25) is 0 Å². The van der Waals surface area contributed by atoms with Crippen LogP contribution in [0.1, 0.15) is 10.4 Å². The standard InChI is InChI=1S/C28H21N5O2/c34-27(32-16-14-31(15-17-32)19-10-12-29-13-11-19)22-8-3-9-23-25(22)30-26-20-6-1-4-18-5-2-7-21(24(18)20)28(35)33(23)26/h1-13H,14-17H2. The van der Waals surface area contributed by atoms with Gasteiger partial charge in [0.15, 0.2) is 0 Å². The number of nitrogens with zero attached hydrogens (tertiary/aromatic N) is 5. The topological polar surface area (TPSA) is 70.8 Å². The van der Waals surface area contributed by atoms with Crippen LogP contribution < -0.4 is 10.5 Å². The Kier molecular flexibility index (Phi) is 4.26. The Morgan fingerprint density at radius 1 is 0.800 bits per heavy atom. The molecule has 0 bridgehead atoms. The molecule has 1 aliphatic rings. The van der Waals surface area contributed by atoms with Crippen molar-refractivity contribution in [1.29, 1.82) is 0 Å². The molecule has 3 aromatic carbocycles. The Bertz CT molecular complexity index is 1800. The number of hydrogen-bond acceptors (Lipinski definition) is 5. The van der Waals surface area contributed by atoms with Gasteiger partial charge < -0.3 is 9.80 Å². The number of hydrogen-bond donors (Lipinski definition) is 0. The van der Waals surface area contributed by atoms with Crippen LogP contribution in [0, 0.1) is 0 Å². The number of carbonyl (C=O) groups excluding carboxylic acids is 1. The first-order valence-electron chi connectivity index (χ1n) is 11.7. The fourth-order valence-electron chi connectivity index (χ4n) is 5.38. The summed E-state index contributed by atoms with van der Waals surface area (Å²) in [5.41, 5.74) is 3.37. The van der Waals surface area contributed by atoms with E-state index >= 15 is 0 Å². The van der Waals surface area contributed by atoms with Crippen molar-refractivity contribution >= 4 is 49.8 Å². The zero-order chi connectivity index (χ0) is 23.5. The van der Waals surface area contributed by atoms with E-state index in [9.17, 15) is 9.59 Å². The molecule has 4 heterocycles. The predicted octanol–water partition coefficient (Wildman–Crippen LogP) is 3.95. The molecule has 7 rings (SSSR count). The van der Waals surface area contributed by atoms with Gasteiger partial charge in [0.05, 0.1) is 11.1 Å². The van der Waals surface area contributed by atoms with Gasteiger partial charge in [-0.1, -0.05) is 36.4 Å². The molecule has 1 aliphatic heterocycles. The Hall–Kier alpha value is -4.52. The molecule has 0 atom stereocenters. The lowest BCUT2D eigenvalue weighted by atomic mass is 10.0. The highest BCUT2D eigenvalue weighted by Gasteiger charge is 2.25. The molecule has 0 radical (unpaired) electrons. The molecule has 0 spiro atoms. The Labute approximate surface area is 200 Å². The van der Waals surface area contributed by atoms with Crippen LogP contribution in [0.4, 0.5) is 5.69 Å². The van der Waals surface area contributed by atoms with Crippen molar-refractivity contribution in [2.24, 2.45) is 0 Å². The summed E-state index contributed by atoms with van der Waals surface area (Å²) in [6, 6.07) is 21.3. The molecule has 0 N–H and O–H groups in total. The van der Waals surface area contributed by atoms with Crippen LogP contribution in [0.5, 0.6) is 0 Å². The van der Waals surface area contributed by atoms with Gasteiger partial charge in [-0.2, -0.15) is 0 Å². The van der Waals surface area contributed by atoms with Gasteiger partial charge in [-0.25, -0.2) is 4.98 Å². The van der Waals surface area contributed by atoms with Gasteiger partial charge in [0.25, 0.3) is 11.5 Å². The average Bonchev–Trinajstić information content (AvgIpc) is 3.32. The van der Waals surface area contributed by atoms with Crippen LogP contribution in [0.3, 0.4) is 0 Å². The summed E-state index contributed by atoms with van der Waals surface area (Å²) in [6.07, 6.45) is 3.57. The fraction of sp³-hybridized carbons (Fsp3) is 0.143. The summed E-state index contributed by atoms with van der Waals surface area (Å²) in [4.78, 5) is 40.3. The van der Waals surface area contributed by atoms with Crippen molar-refractivity contribution in [3.8, 4) is 0 Å². The summed E-state index contributed by atoms with van der Waals surface area (Å²) < 4.78 is 1.66. The number of benzene rings is 3. The molecule has 1 fully saturated rings. The number of rotatable bonds is 2. The van der Waals surface area contributed by atoms with Gasteiger partial charge in [-0.05, 0) is 35.7 Å². The summed E-state index contributed by atoms with van der Waals surface area (Å²) >= 11 is 0. The number of anilines is 1. The number of pyridine rings is 2. The maximum absolute atomic E-state index is 13.6. The molecule has 0 unspecified atom stereocenters. The van der Waals surface area contributed by atoms with Crippen LogP contribution in [0.15, 0.2) is 83.9 Å². The monoisotopic (exact) mass is 459 g/mol. The van der Waals surface area contributed by atoms with Crippen LogP contribution in [0.25, 0.3) is 38.2 Å². The predicted molar refractivity (Wildman–Crippen MR) is 138 cm³/mol. The lowest BCUT2D eigenvalue weighted by Gasteiger charge is -2.36. The van der Waals surface area contributed by atoms with Crippen molar-refractivity contribution in [3.05, 3.63) is 95.0 Å². The summed E-state index contributed by atoms with van der Waals surface area (Å²) in [5, 5.41) is 3.50. The smallest absolute Gasteiger partial charge is 0.264 e. The average molecular weight is 460 g/mol. The molecular weight excluding hydrogens is 438 g/mol. The molecule has 7 nitrogen and oxygen atoms in total. The number of para-hydroxylation sites is 1. The number of carbonyl (C=O) groups is 1. The summed E-state index contributed by atoms with van der Waals surface area (Å²) in [5.74, 6) is -0.0522. The second kappa shape index (κ2) is 7.50. The zero-order valence-corrected chi connectivity index (χ0v) is 18.9. The van der Waals surface area contributed by atoms with Gasteiger partial charge in [-0.15, -0.1) is 0 Å². The van der Waals surface area contributed by atoms with Crippen molar-refractivity contribution < 1.29 is 4.79 Å². The maximum atomic E-state index is 13.6. The minimum absolute atomic E-state index is 0.0522. The van der Waals surface area contributed by atoms with E-state index in [0.717, 1.165) is 34.9 Å². The molecule has 35 heavy (non-hydrogen) atoms. The van der Waals surface area contributed by atoms with Crippen LogP contribution >= 0.6 is 0 Å². The minimum atomic E-state index is -0.109. The molecule has 0 aliphatic carbocycles. The molecule has 1 saturated heterocycles. The van der Waals surface area contributed by atoms with Crippen LogP contribution in [-0.2, 0) is 0 Å². The lowest BCUT2D eigenvalue weighted by molar-refractivity contribution is 0.0748. The first kappa shape index (κ1) is 19.9. The van der Waals surface area contributed by atoms with E-state index in [1.54, 1.807) is 16.8 Å². The van der Waals surface area contributed by atoms with Gasteiger partial charge in [-0.3, -0.25) is 19.0 Å². The maximum Gasteiger partial charge on any atom is 0.264 e. The van der Waals surface area contributed by atoms with Crippen molar-refractivity contribution in [2.45, 2.75) is 0 Å². The van der Waals surface area contributed by atoms with E-state index < -0.39 is 0 Å². The van der Waals surface area contributed by atoms with Crippen molar-refractivity contribution in [1.82, 2.24) is 19.3 Å². The lowest BCUT2D eigenvalue weighted by Crippen LogP contribution is -2.48. The Morgan fingerprint density at radius 3 is 2.29 bits per heavy atom. The largest absolute Gasteiger partial charge is 0.368 e. The third kappa shape index (κ3) is 2.91. The molecule has 6 aromatic rings. The van der Waals surface area contributed by atoms with Crippen LogP contribution in [-0.4, -0.2) is 51.4 Å². The molecular formula is C28H21N5O2. The number of fused-ring (bicyclic) bond motifs is 4.